The lowest BCUT2D eigenvalue weighted by molar-refractivity contribution is -0.158. The first-order valence-electron chi connectivity index (χ1n) is 10.9. The number of benzene rings is 1. The van der Waals surface area contributed by atoms with Crippen molar-refractivity contribution >= 4 is 27.3 Å². The topological polar surface area (TPSA) is 93.7 Å². The second-order valence-electron chi connectivity index (χ2n) is 8.80. The number of nitrogens with one attached hydrogen (secondary N) is 2. The Labute approximate surface area is 194 Å². The number of thiophene rings is 1. The van der Waals surface area contributed by atoms with E-state index in [2.05, 4.69) is 10.0 Å². The maximum Gasteiger partial charge on any atom is 0.324 e. The van der Waals surface area contributed by atoms with Crippen LogP contribution in [0.1, 0.15) is 40.5 Å². The molecule has 1 aliphatic heterocycles. The summed E-state index contributed by atoms with van der Waals surface area (Å²) < 4.78 is 40.2. The van der Waals surface area contributed by atoms with Crippen LogP contribution in [0.2, 0.25) is 0 Å². The van der Waals surface area contributed by atoms with Crippen LogP contribution in [0.5, 0.6) is 5.75 Å². The van der Waals surface area contributed by atoms with Crippen LogP contribution in [0, 0.1) is 5.92 Å². The number of hydrogen-bond acceptors (Lipinski definition) is 7. The minimum Gasteiger partial charge on any atom is -0.494 e. The van der Waals surface area contributed by atoms with Gasteiger partial charge in [0.2, 0.25) is 0 Å². The van der Waals surface area contributed by atoms with Crippen LogP contribution in [0.25, 0.3) is 10.4 Å². The average Bonchev–Trinajstić information content (AvgIpc) is 3.24. The fourth-order valence-electron chi connectivity index (χ4n) is 3.61. The van der Waals surface area contributed by atoms with Crippen LogP contribution >= 0.6 is 11.3 Å². The zero-order chi connectivity index (χ0) is 23.4. The third kappa shape index (κ3) is 6.54. The number of hydrogen-bond donors (Lipinski definition) is 2. The summed E-state index contributed by atoms with van der Waals surface area (Å²) in [5, 5.41) is 3.25. The van der Waals surface area contributed by atoms with Gasteiger partial charge >= 0.3 is 5.97 Å². The van der Waals surface area contributed by atoms with E-state index in [0.717, 1.165) is 29.3 Å². The summed E-state index contributed by atoms with van der Waals surface area (Å²) in [6.45, 7) is 9.33. The minimum atomic E-state index is -3.89. The lowest BCUT2D eigenvalue weighted by atomic mass is 9.91. The van der Waals surface area contributed by atoms with Gasteiger partial charge in [0, 0.05) is 4.88 Å². The predicted octanol–water partition coefficient (Wildman–Crippen LogP) is 3.80. The zero-order valence-corrected chi connectivity index (χ0v) is 20.6. The first-order chi connectivity index (χ1) is 15.1. The molecule has 2 heterocycles. The third-order valence-corrected chi connectivity index (χ3v) is 8.16. The van der Waals surface area contributed by atoms with Gasteiger partial charge in [-0.25, -0.2) is 8.42 Å². The molecule has 0 aliphatic carbocycles. The number of rotatable bonds is 8. The molecule has 2 N–H and O–H groups in total. The Morgan fingerprint density at radius 1 is 1.16 bits per heavy atom. The second-order valence-corrected chi connectivity index (χ2v) is 11.8. The Balaban J connectivity index is 1.81. The van der Waals surface area contributed by atoms with Gasteiger partial charge in [-0.15, -0.1) is 11.3 Å². The van der Waals surface area contributed by atoms with Gasteiger partial charge in [-0.1, -0.05) is 0 Å². The largest absolute Gasteiger partial charge is 0.494 e. The minimum absolute atomic E-state index is 0.119. The maximum absolute atomic E-state index is 13.2. The van der Waals surface area contributed by atoms with Crippen molar-refractivity contribution in [2.75, 3.05) is 19.7 Å². The zero-order valence-electron chi connectivity index (χ0n) is 19.0. The van der Waals surface area contributed by atoms with E-state index >= 15 is 0 Å². The SMILES string of the molecule is CCOc1ccc(-c2ccc(S(=O)(=O)N[C@@H](C(=O)OC(C)(C)C)C3CCNCC3)s2)cc1. The van der Waals surface area contributed by atoms with Gasteiger partial charge in [0.25, 0.3) is 10.0 Å². The molecule has 1 aromatic carbocycles. The van der Waals surface area contributed by atoms with Gasteiger partial charge in [-0.3, -0.25) is 4.79 Å². The molecule has 0 amide bonds. The van der Waals surface area contributed by atoms with E-state index in [9.17, 15) is 13.2 Å². The van der Waals surface area contributed by atoms with Crippen LogP contribution in [0.15, 0.2) is 40.6 Å². The van der Waals surface area contributed by atoms with E-state index in [0.29, 0.717) is 19.4 Å². The van der Waals surface area contributed by atoms with Gasteiger partial charge in [-0.05, 0) is 102 Å². The molecule has 32 heavy (non-hydrogen) atoms. The highest BCUT2D eigenvalue weighted by Gasteiger charge is 2.36. The lowest BCUT2D eigenvalue weighted by Crippen LogP contribution is -2.50. The summed E-state index contributed by atoms with van der Waals surface area (Å²) in [7, 11) is -3.89. The Bertz CT molecular complexity index is 1000. The highest BCUT2D eigenvalue weighted by molar-refractivity contribution is 7.91. The molecule has 0 radical (unpaired) electrons. The molecule has 0 spiro atoms. The van der Waals surface area contributed by atoms with Crippen LogP contribution in [-0.2, 0) is 19.6 Å². The van der Waals surface area contributed by atoms with Gasteiger partial charge in [0.05, 0.1) is 6.61 Å². The average molecular weight is 481 g/mol. The summed E-state index contributed by atoms with van der Waals surface area (Å²) in [4.78, 5) is 13.7. The highest BCUT2D eigenvalue weighted by Crippen LogP contribution is 2.32. The van der Waals surface area contributed by atoms with Crippen LogP contribution in [0.4, 0.5) is 0 Å². The van der Waals surface area contributed by atoms with Crippen molar-refractivity contribution in [1.82, 2.24) is 10.0 Å². The summed E-state index contributed by atoms with van der Waals surface area (Å²) in [5.74, 6) is 0.118. The monoisotopic (exact) mass is 480 g/mol. The first kappa shape index (κ1) is 24.7. The third-order valence-electron chi connectivity index (χ3n) is 5.09. The number of sulfonamides is 1. The molecule has 0 unspecified atom stereocenters. The van der Waals surface area contributed by atoms with E-state index in [1.807, 2.05) is 31.2 Å². The summed E-state index contributed by atoms with van der Waals surface area (Å²) in [6, 6.07) is 9.96. The van der Waals surface area contributed by atoms with Crippen molar-refractivity contribution in [3.8, 4) is 16.2 Å². The molecular formula is C23H32N2O5S2. The normalized spacial score (nSPS) is 16.5. The van der Waals surface area contributed by atoms with Gasteiger partial charge in [0.15, 0.2) is 0 Å². The van der Waals surface area contributed by atoms with Crippen molar-refractivity contribution in [3.63, 3.8) is 0 Å². The van der Waals surface area contributed by atoms with E-state index in [4.69, 9.17) is 9.47 Å². The molecule has 1 atom stereocenters. The molecule has 7 nitrogen and oxygen atoms in total. The number of carbonyl (C=O) groups excluding carboxylic acids is 1. The van der Waals surface area contributed by atoms with Crippen LogP contribution < -0.4 is 14.8 Å². The van der Waals surface area contributed by atoms with Crippen molar-refractivity contribution in [3.05, 3.63) is 36.4 Å². The summed E-state index contributed by atoms with van der Waals surface area (Å²) in [5.41, 5.74) is 0.208. The maximum atomic E-state index is 13.2. The molecule has 1 saturated heterocycles. The number of piperidine rings is 1. The van der Waals surface area contributed by atoms with E-state index in [1.165, 1.54) is 11.3 Å². The fourth-order valence-corrected chi connectivity index (χ4v) is 6.19. The molecule has 3 rings (SSSR count). The second kappa shape index (κ2) is 10.3. The molecule has 0 saturated carbocycles. The van der Waals surface area contributed by atoms with E-state index in [-0.39, 0.29) is 10.1 Å². The molecule has 9 heteroatoms. The Kier molecular flexibility index (Phi) is 7.97. The van der Waals surface area contributed by atoms with Crippen molar-refractivity contribution in [2.24, 2.45) is 5.92 Å². The first-order valence-corrected chi connectivity index (χ1v) is 13.2. The Morgan fingerprint density at radius 3 is 2.41 bits per heavy atom. The lowest BCUT2D eigenvalue weighted by Gasteiger charge is -2.31. The molecular weight excluding hydrogens is 448 g/mol. The molecule has 176 valence electrons. The predicted molar refractivity (Wildman–Crippen MR) is 126 cm³/mol. The number of esters is 1. The molecule has 1 fully saturated rings. The standard InChI is InChI=1S/C23H32N2O5S2/c1-5-29-18-8-6-16(7-9-18)19-10-11-20(31-19)32(27,28)25-21(17-12-14-24-15-13-17)22(26)30-23(2,3)4/h6-11,17,21,24-25H,5,12-15H2,1-4H3/t21-/m1/s1. The van der Waals surface area contributed by atoms with Crippen molar-refractivity contribution in [2.45, 2.75) is 56.4 Å². The Morgan fingerprint density at radius 2 is 1.81 bits per heavy atom. The molecule has 2 aromatic rings. The van der Waals surface area contributed by atoms with Crippen LogP contribution in [0.3, 0.4) is 0 Å². The molecule has 1 aromatic heterocycles. The number of carbonyl (C=O) groups is 1. The van der Waals surface area contributed by atoms with Crippen molar-refractivity contribution in [1.29, 1.82) is 0 Å². The summed E-state index contributed by atoms with van der Waals surface area (Å²) >= 11 is 1.17. The number of ether oxygens (including phenoxy) is 2. The quantitative estimate of drug-likeness (QED) is 0.558. The van der Waals surface area contributed by atoms with E-state index in [1.54, 1.807) is 32.9 Å². The highest BCUT2D eigenvalue weighted by atomic mass is 32.2. The smallest absolute Gasteiger partial charge is 0.324 e. The van der Waals surface area contributed by atoms with Gasteiger partial charge in [-0.2, -0.15) is 4.72 Å². The van der Waals surface area contributed by atoms with Gasteiger partial charge in [0.1, 0.15) is 21.6 Å². The molecule has 0 bridgehead atoms. The van der Waals surface area contributed by atoms with Gasteiger partial charge < -0.3 is 14.8 Å². The molecule has 1 aliphatic rings. The van der Waals surface area contributed by atoms with Crippen molar-refractivity contribution < 1.29 is 22.7 Å². The van der Waals surface area contributed by atoms with E-state index < -0.39 is 27.6 Å². The summed E-state index contributed by atoms with van der Waals surface area (Å²) in [6.07, 6.45) is 1.41. The van der Waals surface area contributed by atoms with Crippen LogP contribution in [-0.4, -0.2) is 45.7 Å². The fraction of sp³-hybridized carbons (Fsp3) is 0.522. The Hall–Kier alpha value is -1.94.